The first-order valence-corrected chi connectivity index (χ1v) is 9.91. The topological polar surface area (TPSA) is 79.5 Å². The van der Waals surface area contributed by atoms with Crippen LogP contribution in [0, 0.1) is 5.92 Å². The van der Waals surface area contributed by atoms with Gasteiger partial charge in [0.1, 0.15) is 0 Å². The van der Waals surface area contributed by atoms with E-state index in [4.69, 9.17) is 5.73 Å². The number of amides is 2. The summed E-state index contributed by atoms with van der Waals surface area (Å²) in [5.41, 5.74) is 7.57. The van der Waals surface area contributed by atoms with Gasteiger partial charge in [0, 0.05) is 50.7 Å². The third-order valence-electron chi connectivity index (χ3n) is 5.21. The Labute approximate surface area is 166 Å². The maximum absolute atomic E-state index is 13.1. The third-order valence-corrected chi connectivity index (χ3v) is 5.21. The number of carbonyl (C=O) groups is 2. The summed E-state index contributed by atoms with van der Waals surface area (Å²) in [5, 5.41) is 0. The second-order valence-electron chi connectivity index (χ2n) is 7.18. The first-order valence-electron chi connectivity index (χ1n) is 9.91. The summed E-state index contributed by atoms with van der Waals surface area (Å²) in [6.07, 6.45) is 5.69. The van der Waals surface area contributed by atoms with Crippen LogP contribution in [0.25, 0.3) is 0 Å². The Morgan fingerprint density at radius 1 is 1.11 bits per heavy atom. The van der Waals surface area contributed by atoms with Crippen LogP contribution >= 0.6 is 0 Å². The Morgan fingerprint density at radius 3 is 2.57 bits per heavy atom. The predicted molar refractivity (Wildman–Crippen MR) is 109 cm³/mol. The van der Waals surface area contributed by atoms with Crippen molar-refractivity contribution in [3.63, 3.8) is 0 Å². The van der Waals surface area contributed by atoms with E-state index in [1.54, 1.807) is 29.4 Å². The van der Waals surface area contributed by atoms with Crippen molar-refractivity contribution in [3.8, 4) is 0 Å². The molecular formula is C22H28N4O2. The zero-order chi connectivity index (χ0) is 19.8. The molecule has 1 saturated heterocycles. The van der Waals surface area contributed by atoms with Gasteiger partial charge >= 0.3 is 0 Å². The van der Waals surface area contributed by atoms with Crippen LogP contribution in [0.1, 0.15) is 28.8 Å². The Hall–Kier alpha value is -2.73. The summed E-state index contributed by atoms with van der Waals surface area (Å²) in [6, 6.07) is 13.6. The number of rotatable bonds is 7. The molecule has 2 heterocycles. The molecule has 0 spiro atoms. The molecule has 1 aliphatic heterocycles. The SMILES string of the molecule is NCCN(CCc1ccccc1)C(=O)C1CCCN(C(=O)c2ccncc2)C1. The minimum Gasteiger partial charge on any atom is -0.341 e. The molecule has 1 unspecified atom stereocenters. The number of hydrogen-bond acceptors (Lipinski definition) is 4. The molecule has 1 aliphatic rings. The number of hydrogen-bond donors (Lipinski definition) is 1. The summed E-state index contributed by atoms with van der Waals surface area (Å²) in [5.74, 6) is -0.0926. The Balaban J connectivity index is 1.62. The van der Waals surface area contributed by atoms with E-state index >= 15 is 0 Å². The highest BCUT2D eigenvalue weighted by molar-refractivity contribution is 5.94. The van der Waals surface area contributed by atoms with Crippen molar-refractivity contribution in [2.45, 2.75) is 19.3 Å². The van der Waals surface area contributed by atoms with Crippen molar-refractivity contribution in [2.24, 2.45) is 11.7 Å². The van der Waals surface area contributed by atoms with E-state index in [2.05, 4.69) is 17.1 Å². The first-order chi connectivity index (χ1) is 13.7. The van der Waals surface area contributed by atoms with Gasteiger partial charge in [-0.2, -0.15) is 0 Å². The molecule has 148 valence electrons. The van der Waals surface area contributed by atoms with Gasteiger partial charge in [-0.3, -0.25) is 14.6 Å². The average molecular weight is 380 g/mol. The lowest BCUT2D eigenvalue weighted by atomic mass is 9.95. The molecule has 2 aromatic rings. The third kappa shape index (κ3) is 5.16. The molecule has 6 nitrogen and oxygen atoms in total. The van der Waals surface area contributed by atoms with E-state index in [9.17, 15) is 9.59 Å². The fourth-order valence-electron chi connectivity index (χ4n) is 3.70. The van der Waals surface area contributed by atoms with E-state index in [0.717, 1.165) is 19.3 Å². The van der Waals surface area contributed by atoms with Crippen molar-refractivity contribution >= 4 is 11.8 Å². The monoisotopic (exact) mass is 380 g/mol. The fraction of sp³-hybridized carbons (Fsp3) is 0.409. The zero-order valence-electron chi connectivity index (χ0n) is 16.2. The second-order valence-corrected chi connectivity index (χ2v) is 7.18. The minimum atomic E-state index is -0.165. The first kappa shape index (κ1) is 20.0. The lowest BCUT2D eigenvalue weighted by molar-refractivity contribution is -0.136. The number of nitrogens with two attached hydrogens (primary N) is 1. The van der Waals surface area contributed by atoms with Crippen LogP contribution in [0.4, 0.5) is 0 Å². The number of pyridine rings is 1. The van der Waals surface area contributed by atoms with Crippen LogP contribution < -0.4 is 5.73 Å². The largest absolute Gasteiger partial charge is 0.341 e. The van der Waals surface area contributed by atoms with Gasteiger partial charge in [0.2, 0.25) is 5.91 Å². The molecule has 2 amide bonds. The number of likely N-dealkylation sites (tertiary alicyclic amines) is 1. The maximum atomic E-state index is 13.1. The molecule has 1 fully saturated rings. The van der Waals surface area contributed by atoms with Crippen LogP contribution in [0.2, 0.25) is 0 Å². The smallest absolute Gasteiger partial charge is 0.253 e. The van der Waals surface area contributed by atoms with Gasteiger partial charge in [0.15, 0.2) is 0 Å². The summed E-state index contributed by atoms with van der Waals surface area (Å²) in [6.45, 7) is 2.78. The highest BCUT2D eigenvalue weighted by Crippen LogP contribution is 2.21. The second kappa shape index (κ2) is 9.99. The molecule has 2 N–H and O–H groups in total. The summed E-state index contributed by atoms with van der Waals surface area (Å²) in [7, 11) is 0. The van der Waals surface area contributed by atoms with E-state index in [0.29, 0.717) is 38.3 Å². The van der Waals surface area contributed by atoms with Crippen molar-refractivity contribution in [3.05, 3.63) is 66.0 Å². The normalized spacial score (nSPS) is 16.6. The van der Waals surface area contributed by atoms with Crippen LogP contribution in [0.5, 0.6) is 0 Å². The minimum absolute atomic E-state index is 0.0328. The molecular weight excluding hydrogens is 352 g/mol. The predicted octanol–water partition coefficient (Wildman–Crippen LogP) is 1.96. The van der Waals surface area contributed by atoms with Gasteiger partial charge in [0.05, 0.1) is 5.92 Å². The van der Waals surface area contributed by atoms with Gasteiger partial charge in [0.25, 0.3) is 5.91 Å². The molecule has 3 rings (SSSR count). The molecule has 1 atom stereocenters. The summed E-state index contributed by atoms with van der Waals surface area (Å²) in [4.78, 5) is 33.5. The molecule has 0 radical (unpaired) electrons. The molecule has 0 bridgehead atoms. The Kier molecular flexibility index (Phi) is 7.14. The van der Waals surface area contributed by atoms with Crippen molar-refractivity contribution in [1.29, 1.82) is 0 Å². The standard InChI is InChI=1S/C22H28N4O2/c23-11-16-25(15-10-18-5-2-1-3-6-18)22(28)20-7-4-14-26(17-20)21(27)19-8-12-24-13-9-19/h1-3,5-6,8-9,12-13,20H,4,7,10-11,14-17,23H2. The van der Waals surface area contributed by atoms with Crippen LogP contribution in [-0.2, 0) is 11.2 Å². The molecule has 6 heteroatoms. The van der Waals surface area contributed by atoms with E-state index < -0.39 is 0 Å². The van der Waals surface area contributed by atoms with Gasteiger partial charge in [-0.1, -0.05) is 30.3 Å². The quantitative estimate of drug-likeness (QED) is 0.796. The molecule has 1 aromatic heterocycles. The lowest BCUT2D eigenvalue weighted by Crippen LogP contribution is -2.48. The van der Waals surface area contributed by atoms with Crippen molar-refractivity contribution in [1.82, 2.24) is 14.8 Å². The fourth-order valence-corrected chi connectivity index (χ4v) is 3.70. The van der Waals surface area contributed by atoms with Gasteiger partial charge < -0.3 is 15.5 Å². The zero-order valence-corrected chi connectivity index (χ0v) is 16.2. The van der Waals surface area contributed by atoms with Gasteiger partial charge in [-0.25, -0.2) is 0 Å². The van der Waals surface area contributed by atoms with Crippen molar-refractivity contribution in [2.75, 3.05) is 32.7 Å². The number of carbonyl (C=O) groups excluding carboxylic acids is 2. The van der Waals surface area contributed by atoms with E-state index in [1.165, 1.54) is 5.56 Å². The summed E-state index contributed by atoms with van der Waals surface area (Å²) < 4.78 is 0. The molecule has 28 heavy (non-hydrogen) atoms. The van der Waals surface area contributed by atoms with Crippen LogP contribution in [0.3, 0.4) is 0 Å². The van der Waals surface area contributed by atoms with Crippen LogP contribution in [0.15, 0.2) is 54.9 Å². The lowest BCUT2D eigenvalue weighted by Gasteiger charge is -2.35. The van der Waals surface area contributed by atoms with E-state index in [1.807, 2.05) is 23.1 Å². The maximum Gasteiger partial charge on any atom is 0.253 e. The van der Waals surface area contributed by atoms with Crippen molar-refractivity contribution < 1.29 is 9.59 Å². The number of piperidine rings is 1. The Bertz CT molecular complexity index is 767. The van der Waals surface area contributed by atoms with Gasteiger partial charge in [-0.05, 0) is 37.0 Å². The number of aromatic nitrogens is 1. The van der Waals surface area contributed by atoms with Gasteiger partial charge in [-0.15, -0.1) is 0 Å². The highest BCUT2D eigenvalue weighted by Gasteiger charge is 2.31. The molecule has 0 aliphatic carbocycles. The molecule has 0 saturated carbocycles. The van der Waals surface area contributed by atoms with Crippen LogP contribution in [-0.4, -0.2) is 59.3 Å². The number of benzene rings is 1. The van der Waals surface area contributed by atoms with E-state index in [-0.39, 0.29) is 17.7 Å². The average Bonchev–Trinajstić information content (AvgIpc) is 2.77. The summed E-state index contributed by atoms with van der Waals surface area (Å²) >= 11 is 0. The Morgan fingerprint density at radius 2 is 1.86 bits per heavy atom. The molecule has 1 aromatic carbocycles. The number of nitrogens with zero attached hydrogens (tertiary/aromatic N) is 3. The highest BCUT2D eigenvalue weighted by atomic mass is 16.2.